The van der Waals surface area contributed by atoms with E-state index in [1.807, 2.05) is 24.3 Å². The summed E-state index contributed by atoms with van der Waals surface area (Å²) in [6.07, 6.45) is -0.228. The molecule has 0 saturated carbocycles. The first-order chi connectivity index (χ1) is 5.81. The van der Waals surface area contributed by atoms with E-state index in [4.69, 9.17) is 10.00 Å². The number of epoxide rings is 1. The van der Waals surface area contributed by atoms with Gasteiger partial charge >= 0.3 is 0 Å². The summed E-state index contributed by atoms with van der Waals surface area (Å²) >= 11 is 3.34. The molecular weight excluding hydrogens is 218 g/mol. The topological polar surface area (TPSA) is 36.3 Å². The van der Waals surface area contributed by atoms with Crippen molar-refractivity contribution >= 4 is 15.9 Å². The molecule has 2 nitrogen and oxygen atoms in total. The van der Waals surface area contributed by atoms with Crippen LogP contribution in [0.1, 0.15) is 11.7 Å². The summed E-state index contributed by atoms with van der Waals surface area (Å²) in [5.74, 6) is 0. The molecule has 1 aromatic carbocycles. The van der Waals surface area contributed by atoms with E-state index in [2.05, 4.69) is 22.0 Å². The molecule has 0 aromatic heterocycles. The minimum atomic E-state index is -0.230. The molecule has 0 aliphatic carbocycles. The second-order valence-corrected chi connectivity index (χ2v) is 3.57. The molecule has 0 bridgehead atoms. The molecule has 2 atom stereocenters. The summed E-state index contributed by atoms with van der Waals surface area (Å²) in [6.45, 7) is 0. The zero-order valence-corrected chi connectivity index (χ0v) is 7.78. The normalized spacial score (nSPS) is 26.3. The summed E-state index contributed by atoms with van der Waals surface area (Å²) < 4.78 is 6.16. The number of hydrogen-bond acceptors (Lipinski definition) is 2. The molecule has 12 heavy (non-hydrogen) atoms. The highest BCUT2D eigenvalue weighted by Gasteiger charge is 2.40. The molecule has 1 aliphatic heterocycles. The predicted octanol–water partition coefficient (Wildman–Crippen LogP) is 2.41. The summed E-state index contributed by atoms with van der Waals surface area (Å²) in [6, 6.07) is 9.90. The molecule has 3 heteroatoms. The molecule has 1 aromatic rings. The Morgan fingerprint density at radius 1 is 1.33 bits per heavy atom. The van der Waals surface area contributed by atoms with Crippen LogP contribution in [0.25, 0.3) is 0 Å². The molecule has 1 heterocycles. The molecule has 2 rings (SSSR count). The lowest BCUT2D eigenvalue weighted by molar-refractivity contribution is 0.396. The summed E-state index contributed by atoms with van der Waals surface area (Å²) in [5.41, 5.74) is 1.07. The van der Waals surface area contributed by atoms with Crippen LogP contribution >= 0.6 is 15.9 Å². The Bertz CT molecular complexity index is 327. The van der Waals surface area contributed by atoms with E-state index in [0.717, 1.165) is 10.0 Å². The maximum atomic E-state index is 8.51. The Balaban J connectivity index is 2.17. The van der Waals surface area contributed by atoms with Crippen molar-refractivity contribution in [2.45, 2.75) is 12.2 Å². The fourth-order valence-corrected chi connectivity index (χ4v) is 1.38. The third-order valence-corrected chi connectivity index (χ3v) is 2.35. The quantitative estimate of drug-likeness (QED) is 0.686. The van der Waals surface area contributed by atoms with Gasteiger partial charge in [-0.15, -0.1) is 0 Å². The highest BCUT2D eigenvalue weighted by molar-refractivity contribution is 9.10. The molecule has 1 aliphatic rings. The number of rotatable bonds is 1. The second kappa shape index (κ2) is 2.89. The first kappa shape index (κ1) is 7.78. The maximum absolute atomic E-state index is 8.51. The van der Waals surface area contributed by atoms with E-state index >= 15 is 0 Å². The highest BCUT2D eigenvalue weighted by Crippen LogP contribution is 2.38. The molecule has 60 valence electrons. The number of nitriles is 1. The van der Waals surface area contributed by atoms with Crippen molar-refractivity contribution in [1.29, 1.82) is 5.26 Å². The molecule has 1 fully saturated rings. The number of nitrogens with zero attached hydrogens (tertiary/aromatic N) is 1. The third kappa shape index (κ3) is 1.36. The van der Waals surface area contributed by atoms with Gasteiger partial charge in [-0.3, -0.25) is 0 Å². The van der Waals surface area contributed by atoms with Gasteiger partial charge in [-0.2, -0.15) is 5.26 Å². The van der Waals surface area contributed by atoms with Crippen molar-refractivity contribution in [2.24, 2.45) is 0 Å². The fraction of sp³-hybridized carbons (Fsp3) is 0.222. The van der Waals surface area contributed by atoms with Gasteiger partial charge in [0.05, 0.1) is 6.07 Å². The van der Waals surface area contributed by atoms with Crippen LogP contribution in [0.5, 0.6) is 0 Å². The molecule has 0 amide bonds. The van der Waals surface area contributed by atoms with Gasteiger partial charge in [-0.1, -0.05) is 28.1 Å². The fourth-order valence-electron chi connectivity index (χ4n) is 1.12. The van der Waals surface area contributed by atoms with Crippen LogP contribution in [0.2, 0.25) is 0 Å². The first-order valence-electron chi connectivity index (χ1n) is 3.62. The second-order valence-electron chi connectivity index (χ2n) is 2.66. The Kier molecular flexibility index (Phi) is 1.87. The number of benzene rings is 1. The van der Waals surface area contributed by atoms with Gasteiger partial charge in [0.25, 0.3) is 0 Å². The van der Waals surface area contributed by atoms with Crippen LogP contribution in [-0.2, 0) is 4.74 Å². The average molecular weight is 224 g/mol. The van der Waals surface area contributed by atoms with Crippen LogP contribution in [0.4, 0.5) is 0 Å². The largest absolute Gasteiger partial charge is 0.348 e. The Morgan fingerprint density at radius 2 is 2.00 bits per heavy atom. The smallest absolute Gasteiger partial charge is 0.175 e. The summed E-state index contributed by atoms with van der Waals surface area (Å²) in [5, 5.41) is 8.51. The van der Waals surface area contributed by atoms with Crippen LogP contribution in [0.3, 0.4) is 0 Å². The van der Waals surface area contributed by atoms with Crippen molar-refractivity contribution in [3.8, 4) is 6.07 Å². The lowest BCUT2D eigenvalue weighted by atomic mass is 10.1. The number of halogens is 1. The average Bonchev–Trinajstić information content (AvgIpc) is 2.85. The number of hydrogen-bond donors (Lipinski definition) is 0. The van der Waals surface area contributed by atoms with Gasteiger partial charge in [-0.25, -0.2) is 0 Å². The van der Waals surface area contributed by atoms with Gasteiger partial charge in [0.1, 0.15) is 6.10 Å². The molecule has 2 unspecified atom stereocenters. The predicted molar refractivity (Wildman–Crippen MR) is 47.4 cm³/mol. The van der Waals surface area contributed by atoms with Crippen LogP contribution in [0, 0.1) is 11.3 Å². The summed E-state index contributed by atoms with van der Waals surface area (Å²) in [7, 11) is 0. The van der Waals surface area contributed by atoms with E-state index in [1.54, 1.807) is 0 Å². The van der Waals surface area contributed by atoms with E-state index in [9.17, 15) is 0 Å². The molecule has 0 spiro atoms. The molecule has 0 N–H and O–H groups in total. The third-order valence-electron chi connectivity index (χ3n) is 1.82. The molecule has 0 radical (unpaired) electrons. The zero-order chi connectivity index (χ0) is 8.55. The Labute approximate surface area is 78.9 Å². The van der Waals surface area contributed by atoms with Crippen molar-refractivity contribution in [3.63, 3.8) is 0 Å². The molecular formula is C9H6BrNO. The standard InChI is InChI=1S/C9H6BrNO/c10-7-3-1-6(2-4-7)9-8(5-11)12-9/h1-4,8-9H. The van der Waals surface area contributed by atoms with E-state index in [-0.39, 0.29) is 12.2 Å². The van der Waals surface area contributed by atoms with Crippen molar-refractivity contribution in [1.82, 2.24) is 0 Å². The molecule has 1 saturated heterocycles. The van der Waals surface area contributed by atoms with Gasteiger partial charge in [0.2, 0.25) is 0 Å². The van der Waals surface area contributed by atoms with Crippen molar-refractivity contribution < 1.29 is 4.74 Å². The minimum absolute atomic E-state index is 0.00287. The van der Waals surface area contributed by atoms with Crippen LogP contribution in [-0.4, -0.2) is 6.10 Å². The van der Waals surface area contributed by atoms with E-state index in [0.29, 0.717) is 0 Å². The lowest BCUT2D eigenvalue weighted by Crippen LogP contribution is -1.83. The SMILES string of the molecule is N#CC1OC1c1ccc(Br)cc1. The van der Waals surface area contributed by atoms with E-state index < -0.39 is 0 Å². The van der Waals surface area contributed by atoms with Gasteiger partial charge in [0.15, 0.2) is 6.10 Å². The summed E-state index contributed by atoms with van der Waals surface area (Å²) in [4.78, 5) is 0. The van der Waals surface area contributed by atoms with Crippen molar-refractivity contribution in [2.75, 3.05) is 0 Å². The van der Waals surface area contributed by atoms with Gasteiger partial charge < -0.3 is 4.74 Å². The van der Waals surface area contributed by atoms with Gasteiger partial charge in [0, 0.05) is 4.47 Å². The Morgan fingerprint density at radius 3 is 2.50 bits per heavy atom. The zero-order valence-electron chi connectivity index (χ0n) is 6.20. The number of ether oxygens (including phenoxy) is 1. The van der Waals surface area contributed by atoms with Crippen LogP contribution < -0.4 is 0 Å². The van der Waals surface area contributed by atoms with Crippen molar-refractivity contribution in [3.05, 3.63) is 34.3 Å². The highest BCUT2D eigenvalue weighted by atomic mass is 79.9. The first-order valence-corrected chi connectivity index (χ1v) is 4.41. The lowest BCUT2D eigenvalue weighted by Gasteiger charge is -1.93. The maximum Gasteiger partial charge on any atom is 0.175 e. The monoisotopic (exact) mass is 223 g/mol. The van der Waals surface area contributed by atoms with E-state index in [1.165, 1.54) is 0 Å². The van der Waals surface area contributed by atoms with Crippen LogP contribution in [0.15, 0.2) is 28.7 Å². The van der Waals surface area contributed by atoms with Gasteiger partial charge in [-0.05, 0) is 17.7 Å². The Hall–Kier alpha value is -0.850. The minimum Gasteiger partial charge on any atom is -0.348 e.